The second-order valence-electron chi connectivity index (χ2n) is 6.33. The van der Waals surface area contributed by atoms with Crippen LogP contribution < -0.4 is 5.32 Å². The first-order chi connectivity index (χ1) is 12.1. The fourth-order valence-electron chi connectivity index (χ4n) is 3.12. The maximum absolute atomic E-state index is 12.6. The Morgan fingerprint density at radius 1 is 1.00 bits per heavy atom. The van der Waals surface area contributed by atoms with Crippen LogP contribution in [0.2, 0.25) is 5.02 Å². The van der Waals surface area contributed by atoms with E-state index in [1.807, 2.05) is 36.1 Å². The summed E-state index contributed by atoms with van der Waals surface area (Å²) in [4.78, 5) is 26.8. The van der Waals surface area contributed by atoms with Gasteiger partial charge in [0.25, 0.3) is 11.8 Å². The van der Waals surface area contributed by atoms with E-state index < -0.39 is 0 Å². The summed E-state index contributed by atoms with van der Waals surface area (Å²) in [5.41, 5.74) is 2.23. The molecule has 0 spiro atoms. The lowest BCUT2D eigenvalue weighted by molar-refractivity contribution is 0.0697. The molecule has 0 saturated carbocycles. The fraction of sp³-hybridized carbons (Fsp3) is 0.300. The highest BCUT2D eigenvalue weighted by atomic mass is 35.5. The summed E-state index contributed by atoms with van der Waals surface area (Å²) in [6, 6.07) is 14.7. The minimum Gasteiger partial charge on any atom is -0.349 e. The summed E-state index contributed by atoms with van der Waals surface area (Å²) in [6.07, 6.45) is 1.49. The number of halogens is 1. The number of hydrogen-bond donors (Lipinski definition) is 1. The lowest BCUT2D eigenvalue weighted by Gasteiger charge is -2.32. The zero-order valence-electron chi connectivity index (χ0n) is 14.2. The van der Waals surface area contributed by atoms with E-state index in [0.29, 0.717) is 23.7 Å². The summed E-state index contributed by atoms with van der Waals surface area (Å²) in [5.74, 6) is -0.0942. The number of nitrogens with one attached hydrogen (secondary N) is 1. The molecule has 2 aromatic carbocycles. The molecule has 1 saturated heterocycles. The number of rotatable bonds is 3. The predicted octanol–water partition coefficient (Wildman–Crippen LogP) is 3.68. The highest BCUT2D eigenvalue weighted by Crippen LogP contribution is 2.18. The van der Waals surface area contributed by atoms with E-state index in [1.165, 1.54) is 0 Å². The van der Waals surface area contributed by atoms with Gasteiger partial charge in [-0.1, -0.05) is 41.9 Å². The zero-order valence-corrected chi connectivity index (χ0v) is 14.9. The minimum atomic E-state index is -0.158. The molecule has 1 N–H and O–H groups in total. The first kappa shape index (κ1) is 17.5. The molecule has 25 heavy (non-hydrogen) atoms. The second-order valence-corrected chi connectivity index (χ2v) is 6.74. The zero-order chi connectivity index (χ0) is 17.8. The first-order valence-electron chi connectivity index (χ1n) is 8.46. The molecule has 5 heteroatoms. The Morgan fingerprint density at radius 2 is 1.60 bits per heavy atom. The Labute approximate surface area is 152 Å². The Hall–Kier alpha value is -2.33. The van der Waals surface area contributed by atoms with Gasteiger partial charge in [0.2, 0.25) is 0 Å². The molecule has 130 valence electrons. The topological polar surface area (TPSA) is 49.4 Å². The second kappa shape index (κ2) is 7.70. The van der Waals surface area contributed by atoms with Crippen molar-refractivity contribution in [3.63, 3.8) is 0 Å². The number of nitrogens with zero attached hydrogens (tertiary/aromatic N) is 1. The Balaban J connectivity index is 1.57. The first-order valence-corrected chi connectivity index (χ1v) is 8.84. The molecule has 2 aromatic rings. The van der Waals surface area contributed by atoms with Crippen LogP contribution >= 0.6 is 11.6 Å². The van der Waals surface area contributed by atoms with E-state index in [2.05, 4.69) is 5.32 Å². The van der Waals surface area contributed by atoms with Crippen molar-refractivity contribution >= 4 is 23.4 Å². The van der Waals surface area contributed by atoms with Crippen molar-refractivity contribution in [2.45, 2.75) is 25.8 Å². The van der Waals surface area contributed by atoms with Crippen molar-refractivity contribution < 1.29 is 9.59 Å². The van der Waals surface area contributed by atoms with Crippen LogP contribution in [0.3, 0.4) is 0 Å². The highest BCUT2D eigenvalue weighted by Gasteiger charge is 2.25. The van der Waals surface area contributed by atoms with E-state index in [9.17, 15) is 9.59 Å². The van der Waals surface area contributed by atoms with Gasteiger partial charge in [0.05, 0.1) is 10.6 Å². The molecule has 0 atom stereocenters. The van der Waals surface area contributed by atoms with E-state index in [4.69, 9.17) is 11.6 Å². The molecule has 4 nitrogen and oxygen atoms in total. The van der Waals surface area contributed by atoms with Crippen LogP contribution in [-0.2, 0) is 0 Å². The number of carbonyl (C=O) groups is 2. The number of hydrogen-bond acceptors (Lipinski definition) is 2. The van der Waals surface area contributed by atoms with Gasteiger partial charge in [-0.15, -0.1) is 0 Å². The monoisotopic (exact) mass is 356 g/mol. The number of amides is 2. The normalized spacial score (nSPS) is 15.0. The highest BCUT2D eigenvalue weighted by molar-refractivity contribution is 6.33. The van der Waals surface area contributed by atoms with E-state index in [1.54, 1.807) is 24.3 Å². The number of aryl methyl sites for hydroxylation is 1. The third-order valence-electron chi connectivity index (χ3n) is 4.61. The summed E-state index contributed by atoms with van der Waals surface area (Å²) < 4.78 is 0. The molecule has 1 fully saturated rings. The molecule has 1 aliphatic rings. The van der Waals surface area contributed by atoms with Gasteiger partial charge in [-0.25, -0.2) is 0 Å². The predicted molar refractivity (Wildman–Crippen MR) is 99.0 cm³/mol. The van der Waals surface area contributed by atoms with Crippen LogP contribution in [0.15, 0.2) is 48.5 Å². The van der Waals surface area contributed by atoms with Crippen LogP contribution in [-0.4, -0.2) is 35.8 Å². The van der Waals surface area contributed by atoms with Gasteiger partial charge in [-0.3, -0.25) is 9.59 Å². The van der Waals surface area contributed by atoms with Gasteiger partial charge in [0.1, 0.15) is 0 Å². The molecule has 1 aliphatic heterocycles. The SMILES string of the molecule is Cc1ccccc1C(=O)N1CCC(NC(=O)c2ccccc2Cl)CC1. The number of benzene rings is 2. The maximum atomic E-state index is 12.6. The Morgan fingerprint density at radius 3 is 2.24 bits per heavy atom. The van der Waals surface area contributed by atoms with E-state index in [-0.39, 0.29) is 17.9 Å². The van der Waals surface area contributed by atoms with Crippen LogP contribution in [0.5, 0.6) is 0 Å². The van der Waals surface area contributed by atoms with Gasteiger partial charge < -0.3 is 10.2 Å². The van der Waals surface area contributed by atoms with Crippen molar-refractivity contribution in [2.24, 2.45) is 0 Å². The molecule has 0 bridgehead atoms. The Bertz CT molecular complexity index is 783. The van der Waals surface area contributed by atoms with Gasteiger partial charge in [-0.2, -0.15) is 0 Å². The lowest BCUT2D eigenvalue weighted by atomic mass is 10.0. The largest absolute Gasteiger partial charge is 0.349 e. The molecule has 0 radical (unpaired) electrons. The number of carbonyl (C=O) groups excluding carboxylic acids is 2. The van der Waals surface area contributed by atoms with Crippen molar-refractivity contribution in [3.8, 4) is 0 Å². The van der Waals surface area contributed by atoms with Crippen LogP contribution in [0.4, 0.5) is 0 Å². The molecular formula is C20H21ClN2O2. The Kier molecular flexibility index (Phi) is 5.39. The summed E-state index contributed by atoms with van der Waals surface area (Å²) in [7, 11) is 0. The van der Waals surface area contributed by atoms with Crippen LogP contribution in [0.1, 0.15) is 39.1 Å². The van der Waals surface area contributed by atoms with Gasteiger partial charge in [0.15, 0.2) is 0 Å². The third-order valence-corrected chi connectivity index (χ3v) is 4.94. The van der Waals surface area contributed by atoms with Crippen molar-refractivity contribution in [1.82, 2.24) is 10.2 Å². The smallest absolute Gasteiger partial charge is 0.254 e. The van der Waals surface area contributed by atoms with Gasteiger partial charge in [-0.05, 0) is 43.5 Å². The molecule has 3 rings (SSSR count). The molecule has 1 heterocycles. The number of piperidine rings is 1. The molecule has 0 aromatic heterocycles. The average molecular weight is 357 g/mol. The van der Waals surface area contributed by atoms with Crippen LogP contribution in [0.25, 0.3) is 0 Å². The number of likely N-dealkylation sites (tertiary alicyclic amines) is 1. The van der Waals surface area contributed by atoms with Crippen molar-refractivity contribution in [1.29, 1.82) is 0 Å². The third kappa shape index (κ3) is 4.02. The summed E-state index contributed by atoms with van der Waals surface area (Å²) >= 11 is 6.07. The van der Waals surface area contributed by atoms with Gasteiger partial charge >= 0.3 is 0 Å². The van der Waals surface area contributed by atoms with E-state index in [0.717, 1.165) is 24.0 Å². The standard InChI is InChI=1S/C20H21ClN2O2/c1-14-6-2-3-7-16(14)20(25)23-12-10-15(11-13-23)22-19(24)17-8-4-5-9-18(17)21/h2-9,15H,10-13H2,1H3,(H,22,24). The maximum Gasteiger partial charge on any atom is 0.254 e. The average Bonchev–Trinajstić information content (AvgIpc) is 2.62. The summed E-state index contributed by atoms with van der Waals surface area (Å²) in [6.45, 7) is 3.23. The van der Waals surface area contributed by atoms with Crippen molar-refractivity contribution in [3.05, 3.63) is 70.2 Å². The van der Waals surface area contributed by atoms with E-state index >= 15 is 0 Å². The molecule has 2 amide bonds. The molecule has 0 aliphatic carbocycles. The van der Waals surface area contributed by atoms with Crippen molar-refractivity contribution in [2.75, 3.05) is 13.1 Å². The fourth-order valence-corrected chi connectivity index (χ4v) is 3.34. The summed E-state index contributed by atoms with van der Waals surface area (Å²) in [5, 5.41) is 3.48. The van der Waals surface area contributed by atoms with Crippen LogP contribution in [0, 0.1) is 6.92 Å². The minimum absolute atomic E-state index is 0.0599. The quantitative estimate of drug-likeness (QED) is 0.911. The molecule has 0 unspecified atom stereocenters. The lowest BCUT2D eigenvalue weighted by Crippen LogP contribution is -2.46. The van der Waals surface area contributed by atoms with Gasteiger partial charge in [0, 0.05) is 24.7 Å². The molecular weight excluding hydrogens is 336 g/mol.